The summed E-state index contributed by atoms with van der Waals surface area (Å²) < 4.78 is 0. The molecule has 1 heterocycles. The third-order valence-corrected chi connectivity index (χ3v) is 3.46. The van der Waals surface area contributed by atoms with Crippen LogP contribution in [0.1, 0.15) is 17.2 Å². The van der Waals surface area contributed by atoms with Crippen LogP contribution < -0.4 is 5.32 Å². The van der Waals surface area contributed by atoms with Gasteiger partial charge in [-0.2, -0.15) is 0 Å². The lowest BCUT2D eigenvalue weighted by molar-refractivity contribution is 0.766. The van der Waals surface area contributed by atoms with Gasteiger partial charge in [0.2, 0.25) is 0 Å². The third kappa shape index (κ3) is 1.98. The van der Waals surface area contributed by atoms with Gasteiger partial charge in [-0.05, 0) is 23.6 Å². The summed E-state index contributed by atoms with van der Waals surface area (Å²) in [7, 11) is 0. The topological polar surface area (TPSA) is 37.8 Å². The molecule has 4 heteroatoms. The van der Waals surface area contributed by atoms with Crippen LogP contribution in [0.4, 0.5) is 5.82 Å². The molecular formula is C13H12ClN3. The highest BCUT2D eigenvalue weighted by molar-refractivity contribution is 6.21. The quantitative estimate of drug-likeness (QED) is 0.827. The summed E-state index contributed by atoms with van der Waals surface area (Å²) in [5.74, 6) is 0.812. The summed E-state index contributed by atoms with van der Waals surface area (Å²) in [6.45, 7) is 0. The van der Waals surface area contributed by atoms with Crippen molar-refractivity contribution >= 4 is 17.4 Å². The van der Waals surface area contributed by atoms with Crippen LogP contribution in [0.15, 0.2) is 42.9 Å². The van der Waals surface area contributed by atoms with E-state index in [4.69, 9.17) is 11.6 Å². The first-order valence-electron chi connectivity index (χ1n) is 5.59. The van der Waals surface area contributed by atoms with Gasteiger partial charge in [0.1, 0.15) is 12.1 Å². The molecule has 2 aromatic rings. The van der Waals surface area contributed by atoms with Crippen molar-refractivity contribution in [2.24, 2.45) is 0 Å². The van der Waals surface area contributed by atoms with Crippen LogP contribution in [-0.2, 0) is 6.42 Å². The molecule has 1 N–H and O–H groups in total. The molecule has 3 rings (SSSR count). The van der Waals surface area contributed by atoms with Crippen molar-refractivity contribution in [2.75, 3.05) is 5.32 Å². The van der Waals surface area contributed by atoms with Gasteiger partial charge < -0.3 is 5.32 Å². The van der Waals surface area contributed by atoms with Gasteiger partial charge in [-0.1, -0.05) is 24.3 Å². The maximum atomic E-state index is 6.39. The summed E-state index contributed by atoms with van der Waals surface area (Å²) in [6.07, 6.45) is 4.16. The van der Waals surface area contributed by atoms with Gasteiger partial charge in [-0.15, -0.1) is 11.6 Å². The number of nitrogens with zero attached hydrogens (tertiary/aromatic N) is 2. The normalized spacial score (nSPS) is 22.2. The maximum absolute atomic E-state index is 6.39. The fourth-order valence-corrected chi connectivity index (χ4v) is 2.61. The molecule has 86 valence electrons. The Kier molecular flexibility index (Phi) is 2.69. The highest BCUT2D eigenvalue weighted by Gasteiger charge is 2.30. The summed E-state index contributed by atoms with van der Waals surface area (Å²) in [5, 5.41) is 3.44. The van der Waals surface area contributed by atoms with E-state index in [-0.39, 0.29) is 11.4 Å². The summed E-state index contributed by atoms with van der Waals surface area (Å²) in [5.41, 5.74) is 2.59. The summed E-state index contributed by atoms with van der Waals surface area (Å²) in [4.78, 5) is 8.07. The van der Waals surface area contributed by atoms with Gasteiger partial charge in [0.05, 0.1) is 11.4 Å². The van der Waals surface area contributed by atoms with E-state index in [9.17, 15) is 0 Å². The molecule has 0 aliphatic heterocycles. The number of nitrogens with one attached hydrogen (secondary N) is 1. The van der Waals surface area contributed by atoms with Crippen LogP contribution in [-0.4, -0.2) is 15.3 Å². The second-order valence-corrected chi connectivity index (χ2v) is 4.70. The third-order valence-electron chi connectivity index (χ3n) is 3.05. The molecule has 0 spiro atoms. The van der Waals surface area contributed by atoms with Crippen LogP contribution in [0, 0.1) is 0 Å². The summed E-state index contributed by atoms with van der Waals surface area (Å²) >= 11 is 6.39. The Labute approximate surface area is 105 Å². The first kappa shape index (κ1) is 10.5. The molecular weight excluding hydrogens is 234 g/mol. The van der Waals surface area contributed by atoms with E-state index in [1.165, 1.54) is 17.5 Å². The van der Waals surface area contributed by atoms with E-state index in [1.807, 2.05) is 12.1 Å². The average molecular weight is 246 g/mol. The van der Waals surface area contributed by atoms with E-state index in [0.29, 0.717) is 0 Å². The van der Waals surface area contributed by atoms with Gasteiger partial charge in [-0.25, -0.2) is 9.97 Å². The number of benzene rings is 1. The maximum Gasteiger partial charge on any atom is 0.129 e. The second-order valence-electron chi connectivity index (χ2n) is 4.14. The Morgan fingerprint density at radius 1 is 1.24 bits per heavy atom. The van der Waals surface area contributed by atoms with Crippen molar-refractivity contribution in [1.82, 2.24) is 9.97 Å². The van der Waals surface area contributed by atoms with Crippen molar-refractivity contribution in [3.8, 4) is 0 Å². The molecule has 0 saturated carbocycles. The molecule has 1 aromatic carbocycles. The average Bonchev–Trinajstić information content (AvgIpc) is 2.68. The first-order chi connectivity index (χ1) is 8.34. The van der Waals surface area contributed by atoms with Gasteiger partial charge >= 0.3 is 0 Å². The van der Waals surface area contributed by atoms with Gasteiger partial charge in [0.25, 0.3) is 0 Å². The standard InChI is InChI=1S/C13H12ClN3/c14-11-7-9-3-1-2-4-10(9)13(11)17-12-5-6-15-8-16-12/h1-6,8,11,13H,7H2,(H,15,16,17). The lowest BCUT2D eigenvalue weighted by Crippen LogP contribution is -2.17. The fraction of sp³-hybridized carbons (Fsp3) is 0.231. The van der Waals surface area contributed by atoms with Crippen LogP contribution >= 0.6 is 11.6 Å². The van der Waals surface area contributed by atoms with Crippen LogP contribution in [0.25, 0.3) is 0 Å². The highest BCUT2D eigenvalue weighted by Crippen LogP contribution is 2.36. The van der Waals surface area contributed by atoms with Gasteiger partial charge in [0.15, 0.2) is 0 Å². The monoisotopic (exact) mass is 245 g/mol. The lowest BCUT2D eigenvalue weighted by Gasteiger charge is -2.17. The molecule has 0 radical (unpaired) electrons. The lowest BCUT2D eigenvalue weighted by atomic mass is 10.1. The zero-order valence-electron chi connectivity index (χ0n) is 9.18. The molecule has 0 bridgehead atoms. The van der Waals surface area contributed by atoms with Crippen LogP contribution in [0.5, 0.6) is 0 Å². The Bertz CT molecular complexity index is 515. The number of rotatable bonds is 2. The van der Waals surface area contributed by atoms with E-state index in [2.05, 4.69) is 33.5 Å². The Balaban J connectivity index is 1.89. The highest BCUT2D eigenvalue weighted by atomic mass is 35.5. The molecule has 1 aliphatic carbocycles. The molecule has 2 atom stereocenters. The number of hydrogen-bond acceptors (Lipinski definition) is 3. The van der Waals surface area contributed by atoms with E-state index >= 15 is 0 Å². The minimum absolute atomic E-state index is 0.0716. The van der Waals surface area contributed by atoms with E-state index in [1.54, 1.807) is 6.20 Å². The summed E-state index contributed by atoms with van der Waals surface area (Å²) in [6, 6.07) is 10.3. The van der Waals surface area contributed by atoms with Crippen molar-refractivity contribution in [3.05, 3.63) is 54.0 Å². The number of aromatic nitrogens is 2. The molecule has 0 saturated heterocycles. The fourth-order valence-electron chi connectivity index (χ4n) is 2.25. The zero-order chi connectivity index (χ0) is 11.7. The number of fused-ring (bicyclic) bond motifs is 1. The van der Waals surface area contributed by atoms with Gasteiger partial charge in [0, 0.05) is 6.20 Å². The van der Waals surface area contributed by atoms with Crippen molar-refractivity contribution < 1.29 is 0 Å². The van der Waals surface area contributed by atoms with Crippen LogP contribution in [0.2, 0.25) is 0 Å². The minimum atomic E-state index is 0.0716. The van der Waals surface area contributed by atoms with Crippen LogP contribution in [0.3, 0.4) is 0 Å². The molecule has 1 aromatic heterocycles. The molecule has 0 fully saturated rings. The Morgan fingerprint density at radius 2 is 2.12 bits per heavy atom. The first-order valence-corrected chi connectivity index (χ1v) is 6.02. The minimum Gasteiger partial charge on any atom is -0.362 e. The largest absolute Gasteiger partial charge is 0.362 e. The molecule has 1 aliphatic rings. The Hall–Kier alpha value is -1.61. The molecule has 2 unspecified atom stereocenters. The SMILES string of the molecule is ClC1Cc2ccccc2C1Nc1ccncn1. The number of hydrogen-bond donors (Lipinski definition) is 1. The number of anilines is 1. The zero-order valence-corrected chi connectivity index (χ0v) is 9.93. The predicted molar refractivity (Wildman–Crippen MR) is 68.2 cm³/mol. The number of halogens is 1. The van der Waals surface area contributed by atoms with E-state index in [0.717, 1.165) is 12.2 Å². The van der Waals surface area contributed by atoms with Crippen molar-refractivity contribution in [2.45, 2.75) is 17.8 Å². The van der Waals surface area contributed by atoms with Gasteiger partial charge in [-0.3, -0.25) is 0 Å². The molecule has 3 nitrogen and oxygen atoms in total. The Morgan fingerprint density at radius 3 is 2.94 bits per heavy atom. The van der Waals surface area contributed by atoms with Crippen molar-refractivity contribution in [3.63, 3.8) is 0 Å². The second kappa shape index (κ2) is 4.34. The predicted octanol–water partition coefficient (Wildman–Crippen LogP) is 2.79. The molecule has 17 heavy (non-hydrogen) atoms. The smallest absolute Gasteiger partial charge is 0.129 e. The number of alkyl halides is 1. The molecule has 0 amide bonds. The van der Waals surface area contributed by atoms with Crippen molar-refractivity contribution in [1.29, 1.82) is 0 Å². The van der Waals surface area contributed by atoms with E-state index < -0.39 is 0 Å².